The maximum Gasteiger partial charge on any atom is 0.129 e. The van der Waals surface area contributed by atoms with Gasteiger partial charge >= 0.3 is 0 Å². The smallest absolute Gasteiger partial charge is 0.129 e. The number of nitrogens with zero attached hydrogens (tertiary/aromatic N) is 1. The largest absolute Gasteiger partial charge is 0.370 e. The van der Waals surface area contributed by atoms with Gasteiger partial charge in [0.1, 0.15) is 5.15 Å². The third-order valence-corrected chi connectivity index (χ3v) is 2.88. The van der Waals surface area contributed by atoms with E-state index in [0.717, 1.165) is 15.7 Å². The Morgan fingerprint density at radius 1 is 1.12 bits per heavy atom. The monoisotopic (exact) mass is 311 g/mol. The Labute approximate surface area is 114 Å². The number of benzene rings is 1. The number of pyridine rings is 1. The molecule has 0 spiro atoms. The molecule has 1 aromatic heterocycles. The topological polar surface area (TPSA) is 22.1 Å². The molecule has 0 fully saturated rings. The predicted molar refractivity (Wildman–Crippen MR) is 71.9 cm³/mol. The first-order chi connectivity index (χ1) is 8.24. The molecular formula is C13H11BrClNO. The normalized spacial score (nSPS) is 10.5. The lowest BCUT2D eigenvalue weighted by Gasteiger charge is -2.04. The number of hydrogen-bond acceptors (Lipinski definition) is 2. The second-order valence-electron chi connectivity index (χ2n) is 3.57. The average molecular weight is 313 g/mol. The fourth-order valence-corrected chi connectivity index (χ4v) is 2.06. The fraction of sp³-hybridized carbons (Fsp3) is 0.154. The van der Waals surface area contributed by atoms with Crippen LogP contribution in [0.2, 0.25) is 5.15 Å². The highest BCUT2D eigenvalue weighted by Crippen LogP contribution is 2.13. The van der Waals surface area contributed by atoms with Crippen LogP contribution in [0.5, 0.6) is 0 Å². The average Bonchev–Trinajstić information content (AvgIpc) is 2.29. The summed E-state index contributed by atoms with van der Waals surface area (Å²) in [6.07, 6.45) is 0. The van der Waals surface area contributed by atoms with E-state index in [0.29, 0.717) is 18.4 Å². The standard InChI is InChI=1S/C13H11BrClNO/c14-11-4-1-3-10(7-11)8-17-9-12-5-2-6-13(15)16-12/h1-7H,8-9H2. The summed E-state index contributed by atoms with van der Waals surface area (Å²) in [5, 5.41) is 0.494. The van der Waals surface area contributed by atoms with Gasteiger partial charge in [-0.3, -0.25) is 0 Å². The molecule has 0 aliphatic carbocycles. The van der Waals surface area contributed by atoms with Gasteiger partial charge in [0.15, 0.2) is 0 Å². The maximum atomic E-state index is 5.79. The van der Waals surface area contributed by atoms with Gasteiger partial charge in [-0.1, -0.05) is 45.7 Å². The van der Waals surface area contributed by atoms with Crippen molar-refractivity contribution in [1.82, 2.24) is 4.98 Å². The molecule has 0 N–H and O–H groups in total. The molecule has 1 heterocycles. The second kappa shape index (κ2) is 6.15. The molecule has 0 aliphatic heterocycles. The van der Waals surface area contributed by atoms with E-state index in [1.54, 1.807) is 6.07 Å². The Kier molecular flexibility index (Phi) is 4.54. The zero-order valence-corrected chi connectivity index (χ0v) is 11.4. The quantitative estimate of drug-likeness (QED) is 0.789. The molecule has 0 saturated heterocycles. The summed E-state index contributed by atoms with van der Waals surface area (Å²) in [4.78, 5) is 4.15. The minimum absolute atomic E-state index is 0.465. The minimum atomic E-state index is 0.465. The summed E-state index contributed by atoms with van der Waals surface area (Å²) in [7, 11) is 0. The van der Waals surface area contributed by atoms with Crippen molar-refractivity contribution in [1.29, 1.82) is 0 Å². The van der Waals surface area contributed by atoms with Gasteiger partial charge in [-0.15, -0.1) is 0 Å². The first-order valence-corrected chi connectivity index (χ1v) is 6.35. The highest BCUT2D eigenvalue weighted by atomic mass is 79.9. The molecular weight excluding hydrogens is 302 g/mol. The molecule has 2 aromatic rings. The van der Waals surface area contributed by atoms with Gasteiger partial charge in [-0.25, -0.2) is 4.98 Å². The molecule has 0 unspecified atom stereocenters. The van der Waals surface area contributed by atoms with E-state index in [4.69, 9.17) is 16.3 Å². The third kappa shape index (κ3) is 4.11. The van der Waals surface area contributed by atoms with E-state index in [2.05, 4.69) is 20.9 Å². The van der Waals surface area contributed by atoms with Gasteiger partial charge in [0.25, 0.3) is 0 Å². The van der Waals surface area contributed by atoms with E-state index in [1.165, 1.54) is 0 Å². The number of halogens is 2. The third-order valence-electron chi connectivity index (χ3n) is 2.18. The molecule has 1 aromatic carbocycles. The zero-order valence-electron chi connectivity index (χ0n) is 9.07. The number of hydrogen-bond donors (Lipinski definition) is 0. The maximum absolute atomic E-state index is 5.79. The zero-order chi connectivity index (χ0) is 12.1. The molecule has 0 atom stereocenters. The first-order valence-electron chi connectivity index (χ1n) is 5.18. The Morgan fingerprint density at radius 2 is 1.94 bits per heavy atom. The van der Waals surface area contributed by atoms with E-state index >= 15 is 0 Å². The second-order valence-corrected chi connectivity index (χ2v) is 4.88. The van der Waals surface area contributed by atoms with Crippen LogP contribution in [0.25, 0.3) is 0 Å². The number of ether oxygens (including phenoxy) is 1. The predicted octanol–water partition coefficient (Wildman–Crippen LogP) is 4.21. The number of rotatable bonds is 4. The molecule has 2 nitrogen and oxygen atoms in total. The summed E-state index contributed by atoms with van der Waals surface area (Å²) in [6.45, 7) is 1.03. The molecule has 4 heteroatoms. The van der Waals surface area contributed by atoms with Crippen molar-refractivity contribution in [3.8, 4) is 0 Å². The van der Waals surface area contributed by atoms with Gasteiger partial charge in [-0.05, 0) is 29.8 Å². The fourth-order valence-electron chi connectivity index (χ4n) is 1.43. The summed E-state index contributed by atoms with van der Waals surface area (Å²) >= 11 is 9.21. The van der Waals surface area contributed by atoms with Crippen molar-refractivity contribution in [2.75, 3.05) is 0 Å². The Morgan fingerprint density at radius 3 is 2.71 bits per heavy atom. The van der Waals surface area contributed by atoms with Crippen molar-refractivity contribution in [3.05, 3.63) is 63.3 Å². The lowest BCUT2D eigenvalue weighted by molar-refractivity contribution is 0.104. The van der Waals surface area contributed by atoms with Gasteiger partial charge in [-0.2, -0.15) is 0 Å². The van der Waals surface area contributed by atoms with Crippen molar-refractivity contribution >= 4 is 27.5 Å². The molecule has 0 amide bonds. The van der Waals surface area contributed by atoms with Gasteiger partial charge in [0.2, 0.25) is 0 Å². The summed E-state index contributed by atoms with van der Waals surface area (Å²) in [5.41, 5.74) is 1.97. The van der Waals surface area contributed by atoms with E-state index in [-0.39, 0.29) is 0 Å². The van der Waals surface area contributed by atoms with Crippen LogP contribution in [0, 0.1) is 0 Å². The molecule has 17 heavy (non-hydrogen) atoms. The van der Waals surface area contributed by atoms with Crippen molar-refractivity contribution < 1.29 is 4.74 Å². The van der Waals surface area contributed by atoms with Crippen LogP contribution in [0.3, 0.4) is 0 Å². The van der Waals surface area contributed by atoms with Gasteiger partial charge in [0.05, 0.1) is 18.9 Å². The Balaban J connectivity index is 1.87. The van der Waals surface area contributed by atoms with E-state index in [1.807, 2.05) is 36.4 Å². The summed E-state index contributed by atoms with van der Waals surface area (Å²) < 4.78 is 6.63. The van der Waals surface area contributed by atoms with Crippen LogP contribution >= 0.6 is 27.5 Å². The van der Waals surface area contributed by atoms with Crippen molar-refractivity contribution in [3.63, 3.8) is 0 Å². The van der Waals surface area contributed by atoms with Crippen LogP contribution < -0.4 is 0 Å². The Hall–Kier alpha value is -0.900. The lowest BCUT2D eigenvalue weighted by atomic mass is 10.2. The van der Waals surface area contributed by atoms with Gasteiger partial charge in [0, 0.05) is 4.47 Å². The number of aromatic nitrogens is 1. The molecule has 0 radical (unpaired) electrons. The molecule has 2 rings (SSSR count). The van der Waals surface area contributed by atoms with Crippen LogP contribution in [0.1, 0.15) is 11.3 Å². The molecule has 88 valence electrons. The SMILES string of the molecule is Clc1cccc(COCc2cccc(Br)c2)n1. The van der Waals surface area contributed by atoms with Gasteiger partial charge < -0.3 is 4.74 Å². The minimum Gasteiger partial charge on any atom is -0.370 e. The van der Waals surface area contributed by atoms with Crippen molar-refractivity contribution in [2.24, 2.45) is 0 Å². The van der Waals surface area contributed by atoms with Crippen LogP contribution in [0.4, 0.5) is 0 Å². The molecule has 0 saturated carbocycles. The van der Waals surface area contributed by atoms with Crippen LogP contribution in [-0.4, -0.2) is 4.98 Å². The lowest BCUT2D eigenvalue weighted by Crippen LogP contribution is -1.96. The Bertz CT molecular complexity index is 459. The van der Waals surface area contributed by atoms with Crippen LogP contribution in [-0.2, 0) is 18.0 Å². The highest BCUT2D eigenvalue weighted by molar-refractivity contribution is 9.10. The summed E-state index contributed by atoms with van der Waals surface area (Å²) in [6, 6.07) is 13.5. The molecule has 0 aliphatic rings. The van der Waals surface area contributed by atoms with Crippen molar-refractivity contribution in [2.45, 2.75) is 13.2 Å². The highest BCUT2D eigenvalue weighted by Gasteiger charge is 1.98. The summed E-state index contributed by atoms with van der Waals surface area (Å²) in [5.74, 6) is 0. The molecule has 0 bridgehead atoms. The van der Waals surface area contributed by atoms with E-state index in [9.17, 15) is 0 Å². The first kappa shape index (κ1) is 12.6. The van der Waals surface area contributed by atoms with E-state index < -0.39 is 0 Å². The van der Waals surface area contributed by atoms with Crippen LogP contribution in [0.15, 0.2) is 46.9 Å².